The monoisotopic (exact) mass is 295 g/mol. The normalized spacial score (nSPS) is 11.5. The van der Waals surface area contributed by atoms with E-state index in [-0.39, 0.29) is 11.9 Å². The second kappa shape index (κ2) is 7.46. The van der Waals surface area contributed by atoms with Gasteiger partial charge in [0.15, 0.2) is 0 Å². The van der Waals surface area contributed by atoms with Gasteiger partial charge in [0.1, 0.15) is 12.4 Å². The Morgan fingerprint density at radius 2 is 1.91 bits per heavy atom. The van der Waals surface area contributed by atoms with E-state index < -0.39 is 0 Å². The molecule has 1 N–H and O–H groups in total. The summed E-state index contributed by atoms with van der Waals surface area (Å²) in [5.74, 6) is 0.556. The van der Waals surface area contributed by atoms with Crippen molar-refractivity contribution in [3.8, 4) is 5.75 Å². The third kappa shape index (κ3) is 4.48. The van der Waals surface area contributed by atoms with E-state index in [2.05, 4.69) is 11.9 Å². The predicted molar refractivity (Wildman–Crippen MR) is 89.1 cm³/mol. The van der Waals surface area contributed by atoms with E-state index in [4.69, 9.17) is 4.74 Å². The molecule has 2 rings (SSSR count). The van der Waals surface area contributed by atoms with Crippen LogP contribution in [0.25, 0.3) is 0 Å². The summed E-state index contributed by atoms with van der Waals surface area (Å²) in [6.45, 7) is 8.11. The number of hydrogen-bond acceptors (Lipinski definition) is 2. The van der Waals surface area contributed by atoms with E-state index in [0.29, 0.717) is 17.9 Å². The van der Waals surface area contributed by atoms with Gasteiger partial charge < -0.3 is 10.1 Å². The molecule has 1 unspecified atom stereocenters. The lowest BCUT2D eigenvalue weighted by atomic mass is 10.1. The van der Waals surface area contributed by atoms with Gasteiger partial charge in [-0.1, -0.05) is 43.0 Å². The summed E-state index contributed by atoms with van der Waals surface area (Å²) >= 11 is 0. The van der Waals surface area contributed by atoms with Crippen molar-refractivity contribution in [2.24, 2.45) is 0 Å². The van der Waals surface area contributed by atoms with Crippen molar-refractivity contribution in [1.29, 1.82) is 0 Å². The lowest BCUT2D eigenvalue weighted by molar-refractivity contribution is 0.0939. The van der Waals surface area contributed by atoms with Crippen LogP contribution in [0.4, 0.5) is 0 Å². The number of carbonyl (C=O) groups is 1. The lowest BCUT2D eigenvalue weighted by Crippen LogP contribution is -2.26. The highest BCUT2D eigenvalue weighted by Gasteiger charge is 2.11. The Hall–Kier alpha value is -2.55. The number of nitrogens with one attached hydrogen (secondary N) is 1. The first-order valence-electron chi connectivity index (χ1n) is 7.29. The van der Waals surface area contributed by atoms with Gasteiger partial charge in [-0.3, -0.25) is 4.79 Å². The second-order valence-corrected chi connectivity index (χ2v) is 5.38. The molecule has 0 saturated carbocycles. The highest BCUT2D eigenvalue weighted by Crippen LogP contribution is 2.16. The second-order valence-electron chi connectivity index (χ2n) is 5.38. The highest BCUT2D eigenvalue weighted by molar-refractivity contribution is 5.94. The quantitative estimate of drug-likeness (QED) is 0.814. The smallest absolute Gasteiger partial charge is 0.251 e. The van der Waals surface area contributed by atoms with E-state index in [1.165, 1.54) is 0 Å². The molecular weight excluding hydrogens is 274 g/mol. The fourth-order valence-electron chi connectivity index (χ4n) is 2.04. The molecule has 1 atom stereocenters. The Kier molecular flexibility index (Phi) is 5.37. The summed E-state index contributed by atoms with van der Waals surface area (Å²) in [5.41, 5.74) is 2.60. The minimum atomic E-state index is -0.114. The first kappa shape index (κ1) is 15.8. The van der Waals surface area contributed by atoms with Crippen LogP contribution in [0.15, 0.2) is 66.7 Å². The van der Waals surface area contributed by atoms with E-state index in [1.807, 2.05) is 56.3 Å². The van der Waals surface area contributed by atoms with Gasteiger partial charge in [-0.2, -0.15) is 0 Å². The van der Waals surface area contributed by atoms with Gasteiger partial charge in [-0.15, -0.1) is 0 Å². The maximum absolute atomic E-state index is 12.3. The SMILES string of the molecule is C=C(C)COc1cccc(C(=O)NC(C)c2ccccc2)c1. The molecule has 2 aromatic rings. The van der Waals surface area contributed by atoms with Crippen molar-refractivity contribution in [3.05, 3.63) is 77.9 Å². The zero-order valence-corrected chi connectivity index (χ0v) is 13.0. The van der Waals surface area contributed by atoms with Crippen LogP contribution in [0.2, 0.25) is 0 Å². The Labute approximate surface area is 131 Å². The molecule has 0 bridgehead atoms. The first-order valence-corrected chi connectivity index (χ1v) is 7.29. The molecule has 0 aliphatic rings. The van der Waals surface area contributed by atoms with Crippen molar-refractivity contribution in [1.82, 2.24) is 5.32 Å². The summed E-state index contributed by atoms with van der Waals surface area (Å²) in [6.07, 6.45) is 0. The number of amides is 1. The third-order valence-corrected chi connectivity index (χ3v) is 3.23. The number of ether oxygens (including phenoxy) is 1. The van der Waals surface area contributed by atoms with Crippen LogP contribution >= 0.6 is 0 Å². The average Bonchev–Trinajstić information content (AvgIpc) is 2.54. The molecule has 0 spiro atoms. The summed E-state index contributed by atoms with van der Waals surface area (Å²) in [6, 6.07) is 17.0. The first-order chi connectivity index (χ1) is 10.6. The summed E-state index contributed by atoms with van der Waals surface area (Å²) < 4.78 is 5.57. The molecule has 0 aliphatic carbocycles. The van der Waals surface area contributed by atoms with Gasteiger partial charge >= 0.3 is 0 Å². The molecule has 0 radical (unpaired) electrons. The van der Waals surface area contributed by atoms with E-state index in [9.17, 15) is 4.79 Å². The maximum Gasteiger partial charge on any atom is 0.251 e. The van der Waals surface area contributed by atoms with Gasteiger partial charge in [0.25, 0.3) is 5.91 Å². The predicted octanol–water partition coefficient (Wildman–Crippen LogP) is 4.13. The molecule has 3 heteroatoms. The van der Waals surface area contributed by atoms with Crippen LogP contribution in [0.1, 0.15) is 35.8 Å². The van der Waals surface area contributed by atoms with Crippen molar-refractivity contribution in [2.75, 3.05) is 6.61 Å². The van der Waals surface area contributed by atoms with Crippen LogP contribution < -0.4 is 10.1 Å². The van der Waals surface area contributed by atoms with Crippen LogP contribution in [0.3, 0.4) is 0 Å². The number of carbonyl (C=O) groups excluding carboxylic acids is 1. The van der Waals surface area contributed by atoms with Gasteiger partial charge in [0, 0.05) is 5.56 Å². The molecule has 0 aliphatic heterocycles. The summed E-state index contributed by atoms with van der Waals surface area (Å²) in [5, 5.41) is 2.99. The van der Waals surface area contributed by atoms with Crippen LogP contribution in [0, 0.1) is 0 Å². The topological polar surface area (TPSA) is 38.3 Å². The maximum atomic E-state index is 12.3. The van der Waals surface area contributed by atoms with Crippen molar-refractivity contribution in [3.63, 3.8) is 0 Å². The molecule has 2 aromatic carbocycles. The fraction of sp³-hybridized carbons (Fsp3) is 0.211. The molecule has 22 heavy (non-hydrogen) atoms. The minimum Gasteiger partial charge on any atom is -0.489 e. The lowest BCUT2D eigenvalue weighted by Gasteiger charge is -2.15. The van der Waals surface area contributed by atoms with Gasteiger partial charge in [-0.05, 0) is 43.2 Å². The molecule has 0 fully saturated rings. The molecule has 114 valence electrons. The molecule has 0 saturated heterocycles. The molecule has 0 heterocycles. The zero-order chi connectivity index (χ0) is 15.9. The number of rotatable bonds is 6. The van der Waals surface area contributed by atoms with Crippen LogP contribution in [-0.2, 0) is 0 Å². The largest absolute Gasteiger partial charge is 0.489 e. The van der Waals surface area contributed by atoms with Gasteiger partial charge in [0.2, 0.25) is 0 Å². The van der Waals surface area contributed by atoms with Crippen molar-refractivity contribution in [2.45, 2.75) is 19.9 Å². The molecule has 1 amide bonds. The Bertz CT molecular complexity index is 649. The summed E-state index contributed by atoms with van der Waals surface area (Å²) in [7, 11) is 0. The van der Waals surface area contributed by atoms with Crippen molar-refractivity contribution < 1.29 is 9.53 Å². The number of hydrogen-bond donors (Lipinski definition) is 1. The van der Waals surface area contributed by atoms with E-state index >= 15 is 0 Å². The van der Waals surface area contributed by atoms with E-state index in [1.54, 1.807) is 12.1 Å². The van der Waals surface area contributed by atoms with E-state index in [0.717, 1.165) is 11.1 Å². The minimum absolute atomic E-state index is 0.0475. The van der Waals surface area contributed by atoms with Gasteiger partial charge in [-0.25, -0.2) is 0 Å². The standard InChI is InChI=1S/C19H21NO2/c1-14(2)13-22-18-11-7-10-17(12-18)19(21)20-15(3)16-8-5-4-6-9-16/h4-12,15H,1,13H2,2-3H3,(H,20,21). The van der Waals surface area contributed by atoms with Crippen LogP contribution in [-0.4, -0.2) is 12.5 Å². The third-order valence-electron chi connectivity index (χ3n) is 3.23. The van der Waals surface area contributed by atoms with Crippen molar-refractivity contribution >= 4 is 5.91 Å². The summed E-state index contributed by atoms with van der Waals surface area (Å²) in [4.78, 5) is 12.3. The van der Waals surface area contributed by atoms with Gasteiger partial charge in [0.05, 0.1) is 6.04 Å². The highest BCUT2D eigenvalue weighted by atomic mass is 16.5. The Morgan fingerprint density at radius 3 is 2.59 bits per heavy atom. The average molecular weight is 295 g/mol. The zero-order valence-electron chi connectivity index (χ0n) is 13.0. The Balaban J connectivity index is 2.03. The number of benzene rings is 2. The molecular formula is C19H21NO2. The molecule has 3 nitrogen and oxygen atoms in total. The molecule has 0 aromatic heterocycles. The Morgan fingerprint density at radius 1 is 1.18 bits per heavy atom. The van der Waals surface area contributed by atoms with Crippen LogP contribution in [0.5, 0.6) is 5.75 Å². The fourth-order valence-corrected chi connectivity index (χ4v) is 2.04.